The van der Waals surface area contributed by atoms with E-state index in [4.69, 9.17) is 0 Å². The number of carbonyl (C=O) groups excluding carboxylic acids is 2. The van der Waals surface area contributed by atoms with Crippen molar-refractivity contribution in [3.63, 3.8) is 0 Å². The van der Waals surface area contributed by atoms with E-state index in [0.717, 1.165) is 54.6 Å². The van der Waals surface area contributed by atoms with Gasteiger partial charge in [0.2, 0.25) is 0 Å². The van der Waals surface area contributed by atoms with E-state index in [1.54, 1.807) is 0 Å². The highest BCUT2D eigenvalue weighted by molar-refractivity contribution is 6.13. The largest absolute Gasteiger partial charge is 0.289 e. The first-order chi connectivity index (χ1) is 13.4. The van der Waals surface area contributed by atoms with Crippen LogP contribution in [-0.4, -0.2) is 11.6 Å². The maximum Gasteiger partial charge on any atom is 0.184 e. The van der Waals surface area contributed by atoms with Gasteiger partial charge >= 0.3 is 0 Å². The predicted octanol–water partition coefficient (Wildman–Crippen LogP) is 4.09. The summed E-state index contributed by atoms with van der Waals surface area (Å²) in [5, 5.41) is 4.50. The monoisotopic (exact) mass is 366 g/mol. The molecule has 0 bridgehead atoms. The van der Waals surface area contributed by atoms with Crippen LogP contribution >= 0.6 is 0 Å². The van der Waals surface area contributed by atoms with Gasteiger partial charge in [-0.25, -0.2) is 0 Å². The molecule has 0 spiro atoms. The first-order valence-corrected chi connectivity index (χ1v) is 9.46. The fourth-order valence-corrected chi connectivity index (χ4v) is 4.01. The quantitative estimate of drug-likeness (QED) is 0.704. The molecular formula is C26H22O2. The van der Waals surface area contributed by atoms with Crippen LogP contribution in [-0.2, 0) is 9.59 Å². The molecule has 2 nitrogen and oxygen atoms in total. The molecule has 0 saturated carbocycles. The Morgan fingerprint density at radius 3 is 1.14 bits per heavy atom. The van der Waals surface area contributed by atoms with Crippen LogP contribution in [0.5, 0.6) is 0 Å². The van der Waals surface area contributed by atoms with Crippen molar-refractivity contribution in [2.75, 3.05) is 0 Å². The van der Waals surface area contributed by atoms with Crippen LogP contribution in [0.1, 0.15) is 27.7 Å². The minimum Gasteiger partial charge on any atom is -0.289 e. The number of allylic oxidation sites excluding steroid dienone is 8. The van der Waals surface area contributed by atoms with E-state index in [2.05, 4.69) is 24.3 Å². The average Bonchev–Trinajstić information content (AvgIpc) is 2.68. The molecule has 0 atom stereocenters. The molecule has 2 aliphatic rings. The minimum absolute atomic E-state index is 0.105. The molecule has 0 amide bonds. The highest BCUT2D eigenvalue weighted by atomic mass is 16.1. The molecule has 2 heteroatoms. The number of hydrogen-bond acceptors (Lipinski definition) is 2. The van der Waals surface area contributed by atoms with Crippen molar-refractivity contribution in [3.05, 3.63) is 93.4 Å². The summed E-state index contributed by atoms with van der Waals surface area (Å²) in [6.07, 6.45) is 7.88. The Hall–Kier alpha value is -3.26. The lowest BCUT2D eigenvalue weighted by molar-refractivity contribution is -0.113. The first-order valence-electron chi connectivity index (χ1n) is 9.46. The fourth-order valence-electron chi connectivity index (χ4n) is 4.01. The number of hydrogen-bond donors (Lipinski definition) is 0. The molecule has 4 rings (SSSR count). The number of Topliss-reactive ketones (excluding diaryl/α,β-unsaturated/α-hetero) is 2. The number of fused-ring (bicyclic) bond motifs is 1. The third-order valence-corrected chi connectivity index (χ3v) is 5.47. The first kappa shape index (κ1) is 18.1. The van der Waals surface area contributed by atoms with E-state index in [1.165, 1.54) is 0 Å². The maximum absolute atomic E-state index is 12.1. The van der Waals surface area contributed by atoms with Gasteiger partial charge in [-0.3, -0.25) is 9.59 Å². The van der Waals surface area contributed by atoms with E-state index in [0.29, 0.717) is 0 Å². The van der Waals surface area contributed by atoms with E-state index < -0.39 is 0 Å². The Morgan fingerprint density at radius 2 is 0.821 bits per heavy atom. The molecule has 0 aliphatic heterocycles. The van der Waals surface area contributed by atoms with Gasteiger partial charge in [-0.15, -0.1) is 0 Å². The molecule has 138 valence electrons. The Bertz CT molecular complexity index is 1160. The van der Waals surface area contributed by atoms with Crippen molar-refractivity contribution < 1.29 is 9.59 Å². The lowest BCUT2D eigenvalue weighted by Gasteiger charge is -2.13. The van der Waals surface area contributed by atoms with Crippen molar-refractivity contribution in [2.45, 2.75) is 27.7 Å². The van der Waals surface area contributed by atoms with E-state index in [9.17, 15) is 9.59 Å². The zero-order chi connectivity index (χ0) is 20.0. The van der Waals surface area contributed by atoms with Gasteiger partial charge in [0, 0.05) is 0 Å². The summed E-state index contributed by atoms with van der Waals surface area (Å²) in [7, 11) is 0. The van der Waals surface area contributed by atoms with Gasteiger partial charge in [0.15, 0.2) is 11.6 Å². The Kier molecular flexibility index (Phi) is 4.35. The summed E-state index contributed by atoms with van der Waals surface area (Å²) in [4.78, 5) is 24.2. The normalized spacial score (nSPS) is 17.4. The topological polar surface area (TPSA) is 34.1 Å². The van der Waals surface area contributed by atoms with Crippen molar-refractivity contribution in [3.8, 4) is 0 Å². The molecule has 0 unspecified atom stereocenters. The number of benzene rings is 2. The summed E-state index contributed by atoms with van der Waals surface area (Å²) in [6, 6.07) is 12.5. The second-order valence-corrected chi connectivity index (χ2v) is 7.58. The van der Waals surface area contributed by atoms with E-state index in [-0.39, 0.29) is 11.6 Å². The summed E-state index contributed by atoms with van der Waals surface area (Å²) >= 11 is 0. The predicted molar refractivity (Wildman–Crippen MR) is 115 cm³/mol. The third-order valence-electron chi connectivity index (χ3n) is 5.47. The lowest BCUT2D eigenvalue weighted by Crippen LogP contribution is -2.18. The molecule has 0 saturated heterocycles. The molecule has 2 aromatic carbocycles. The molecule has 2 aliphatic carbocycles. The lowest BCUT2D eigenvalue weighted by atomic mass is 9.91. The van der Waals surface area contributed by atoms with Crippen LogP contribution in [0, 0.1) is 0 Å². The second-order valence-electron chi connectivity index (χ2n) is 7.58. The van der Waals surface area contributed by atoms with Gasteiger partial charge in [-0.05, 0) is 107 Å². The summed E-state index contributed by atoms with van der Waals surface area (Å²) in [6.45, 7) is 7.47. The van der Waals surface area contributed by atoms with E-state index in [1.807, 2.05) is 64.1 Å². The molecule has 0 N–H and O–H groups in total. The number of ketones is 2. The second kappa shape index (κ2) is 6.72. The van der Waals surface area contributed by atoms with Gasteiger partial charge in [0.1, 0.15) is 0 Å². The van der Waals surface area contributed by atoms with Gasteiger partial charge in [-0.2, -0.15) is 0 Å². The zero-order valence-electron chi connectivity index (χ0n) is 16.6. The van der Waals surface area contributed by atoms with Crippen LogP contribution < -0.4 is 10.4 Å². The smallest absolute Gasteiger partial charge is 0.184 e. The molecule has 28 heavy (non-hydrogen) atoms. The highest BCUT2D eigenvalue weighted by Gasteiger charge is 2.15. The molecule has 0 heterocycles. The summed E-state index contributed by atoms with van der Waals surface area (Å²) < 4.78 is 0. The SMILES string of the molecule is CC1=CC(=c2ccc(=C3C=C(C)C(=O)C(C)=C3)c3ccccc23)C=C(C)C1=O. The minimum atomic E-state index is 0.105. The van der Waals surface area contributed by atoms with Crippen LogP contribution in [0.3, 0.4) is 0 Å². The van der Waals surface area contributed by atoms with Crippen molar-refractivity contribution >= 4 is 33.5 Å². The van der Waals surface area contributed by atoms with Gasteiger partial charge in [0.25, 0.3) is 0 Å². The Balaban J connectivity index is 2.12. The van der Waals surface area contributed by atoms with Crippen molar-refractivity contribution in [1.29, 1.82) is 0 Å². The molecule has 0 radical (unpaired) electrons. The van der Waals surface area contributed by atoms with Crippen LogP contribution in [0.25, 0.3) is 21.9 Å². The van der Waals surface area contributed by atoms with Gasteiger partial charge in [0.05, 0.1) is 0 Å². The molecule has 2 aromatic rings. The fraction of sp³-hybridized carbons (Fsp3) is 0.154. The average molecular weight is 366 g/mol. The molecule has 0 aromatic heterocycles. The van der Waals surface area contributed by atoms with Crippen molar-refractivity contribution in [1.82, 2.24) is 0 Å². The van der Waals surface area contributed by atoms with Crippen LogP contribution in [0.4, 0.5) is 0 Å². The van der Waals surface area contributed by atoms with Crippen molar-refractivity contribution in [2.24, 2.45) is 0 Å². The third kappa shape index (κ3) is 2.91. The molecule has 0 fully saturated rings. The zero-order valence-corrected chi connectivity index (χ0v) is 16.6. The maximum atomic E-state index is 12.1. The summed E-state index contributed by atoms with van der Waals surface area (Å²) in [5.74, 6) is 0.210. The van der Waals surface area contributed by atoms with Gasteiger partial charge in [-0.1, -0.05) is 36.4 Å². The van der Waals surface area contributed by atoms with Crippen LogP contribution in [0.2, 0.25) is 0 Å². The molecular weight excluding hydrogens is 344 g/mol. The standard InChI is InChI=1S/C26H22O2/c1-15-11-19(12-16(2)25(15)27)21-9-10-22(24-8-6-5-7-23(21)24)20-13-17(3)26(28)18(4)14-20/h5-14H,1-4H3. The van der Waals surface area contributed by atoms with Gasteiger partial charge < -0.3 is 0 Å². The van der Waals surface area contributed by atoms with E-state index >= 15 is 0 Å². The summed E-state index contributed by atoms with van der Waals surface area (Å²) in [5.41, 5.74) is 5.17. The Labute approximate surface area is 164 Å². The highest BCUT2D eigenvalue weighted by Crippen LogP contribution is 2.21. The number of carbonyl (C=O) groups is 2. The van der Waals surface area contributed by atoms with Crippen LogP contribution in [0.15, 0.2) is 83.0 Å². The number of rotatable bonds is 0. The Morgan fingerprint density at radius 1 is 0.500 bits per heavy atom.